The third kappa shape index (κ3) is 1.93. The molecular weight excluding hydrogens is 292 g/mol. The fourth-order valence-corrected chi connectivity index (χ4v) is 7.72. The molecule has 8 atom stereocenters. The lowest BCUT2D eigenvalue weighted by Crippen LogP contribution is -2.57. The number of alkyl halides is 1. The Morgan fingerprint density at radius 3 is 2.59 bits per heavy atom. The highest BCUT2D eigenvalue weighted by Gasteiger charge is 2.62. The van der Waals surface area contributed by atoms with E-state index in [2.05, 4.69) is 20.8 Å². The van der Waals surface area contributed by atoms with Crippen molar-refractivity contribution in [2.24, 2.45) is 40.4 Å². The zero-order valence-corrected chi connectivity index (χ0v) is 15.2. The molecule has 0 spiro atoms. The molecule has 4 fully saturated rings. The summed E-state index contributed by atoms with van der Waals surface area (Å²) in [4.78, 5) is 12.5. The number of halogens is 1. The first kappa shape index (κ1) is 15.5. The van der Waals surface area contributed by atoms with Gasteiger partial charge in [0.2, 0.25) is 0 Å². The van der Waals surface area contributed by atoms with Crippen LogP contribution in [0.4, 0.5) is 0 Å². The summed E-state index contributed by atoms with van der Waals surface area (Å²) < 4.78 is 0. The molecule has 4 aliphatic carbocycles. The van der Waals surface area contributed by atoms with E-state index >= 15 is 0 Å². The van der Waals surface area contributed by atoms with Crippen LogP contribution in [0.15, 0.2) is 0 Å². The minimum absolute atomic E-state index is 0.0422. The third-order valence-corrected chi connectivity index (χ3v) is 9.08. The maximum atomic E-state index is 12.5. The maximum Gasteiger partial charge on any atom is 0.139 e. The van der Waals surface area contributed by atoms with Gasteiger partial charge in [-0.1, -0.05) is 27.2 Å². The van der Waals surface area contributed by atoms with Crippen molar-refractivity contribution in [3.05, 3.63) is 0 Å². The second-order valence-electron chi connectivity index (χ2n) is 9.54. The molecule has 0 heterocycles. The van der Waals surface area contributed by atoms with Gasteiger partial charge in [0.05, 0.1) is 0 Å². The number of rotatable bonds is 0. The number of carbonyl (C=O) groups excluding carboxylic acids is 1. The van der Waals surface area contributed by atoms with E-state index in [1.165, 1.54) is 32.1 Å². The Labute approximate surface area is 140 Å². The Balaban J connectivity index is 1.69. The third-order valence-electron chi connectivity index (χ3n) is 8.61. The van der Waals surface area contributed by atoms with E-state index in [0.29, 0.717) is 28.4 Å². The number of hydrogen-bond acceptors (Lipinski definition) is 1. The van der Waals surface area contributed by atoms with Crippen molar-refractivity contribution >= 4 is 17.4 Å². The summed E-state index contributed by atoms with van der Waals surface area (Å²) in [6.07, 6.45) is 9.65. The highest BCUT2D eigenvalue weighted by atomic mass is 35.5. The molecule has 0 N–H and O–H groups in total. The van der Waals surface area contributed by atoms with E-state index in [1.54, 1.807) is 0 Å². The van der Waals surface area contributed by atoms with Crippen molar-refractivity contribution in [2.75, 3.05) is 0 Å². The van der Waals surface area contributed by atoms with Crippen molar-refractivity contribution in [2.45, 2.75) is 77.5 Å². The molecule has 2 heteroatoms. The van der Waals surface area contributed by atoms with Gasteiger partial charge in [-0.05, 0) is 73.5 Å². The minimum atomic E-state index is -0.0422. The molecule has 0 unspecified atom stereocenters. The number of fused-ring (bicyclic) bond motifs is 5. The maximum absolute atomic E-state index is 12.5. The van der Waals surface area contributed by atoms with Crippen LogP contribution >= 0.6 is 11.6 Å². The van der Waals surface area contributed by atoms with Gasteiger partial charge < -0.3 is 0 Å². The zero-order chi connectivity index (χ0) is 15.7. The van der Waals surface area contributed by atoms with Crippen LogP contribution in [-0.4, -0.2) is 11.2 Å². The van der Waals surface area contributed by atoms with Gasteiger partial charge >= 0.3 is 0 Å². The molecular formula is C20H31ClO. The molecule has 4 aliphatic rings. The Bertz CT molecular complexity index is 488. The first-order chi connectivity index (χ1) is 10.4. The van der Waals surface area contributed by atoms with Gasteiger partial charge in [-0.2, -0.15) is 0 Å². The Kier molecular flexibility index (Phi) is 3.50. The van der Waals surface area contributed by atoms with Crippen LogP contribution < -0.4 is 0 Å². The number of carbonyl (C=O) groups is 1. The van der Waals surface area contributed by atoms with Gasteiger partial charge in [0, 0.05) is 17.2 Å². The van der Waals surface area contributed by atoms with Gasteiger partial charge in [0.15, 0.2) is 0 Å². The fourth-order valence-electron chi connectivity index (χ4n) is 7.16. The summed E-state index contributed by atoms with van der Waals surface area (Å²) in [5.41, 5.74) is 0.453. The average Bonchev–Trinajstić information content (AvgIpc) is 2.77. The lowest BCUT2D eigenvalue weighted by molar-refractivity contribution is -0.139. The number of ketones is 1. The molecule has 0 aromatic rings. The Morgan fingerprint density at radius 2 is 1.82 bits per heavy atom. The predicted octanol–water partition coefficient (Wildman–Crippen LogP) is 5.45. The van der Waals surface area contributed by atoms with E-state index < -0.39 is 0 Å². The summed E-state index contributed by atoms with van der Waals surface area (Å²) in [5.74, 6) is 4.16. The summed E-state index contributed by atoms with van der Waals surface area (Å²) in [7, 11) is 0. The quantitative estimate of drug-likeness (QED) is 0.542. The number of Topliss-reactive ketones (excluding diaryl/α,β-unsaturated/α-hetero) is 1. The van der Waals surface area contributed by atoms with E-state index in [-0.39, 0.29) is 5.41 Å². The van der Waals surface area contributed by atoms with Gasteiger partial charge in [-0.3, -0.25) is 4.79 Å². The average molecular weight is 323 g/mol. The molecule has 0 saturated heterocycles. The van der Waals surface area contributed by atoms with Crippen molar-refractivity contribution in [3.63, 3.8) is 0 Å². The molecule has 0 amide bonds. The lowest BCUT2D eigenvalue weighted by Gasteiger charge is -2.61. The summed E-state index contributed by atoms with van der Waals surface area (Å²) >= 11 is 6.98. The van der Waals surface area contributed by atoms with Crippen LogP contribution in [0.2, 0.25) is 0 Å². The monoisotopic (exact) mass is 322 g/mol. The minimum Gasteiger partial charge on any atom is -0.299 e. The highest BCUT2D eigenvalue weighted by molar-refractivity contribution is 6.21. The largest absolute Gasteiger partial charge is 0.299 e. The van der Waals surface area contributed by atoms with Crippen molar-refractivity contribution in [1.29, 1.82) is 0 Å². The van der Waals surface area contributed by atoms with Gasteiger partial charge in [0.25, 0.3) is 0 Å². The van der Waals surface area contributed by atoms with Crippen LogP contribution in [0, 0.1) is 40.4 Å². The summed E-state index contributed by atoms with van der Waals surface area (Å²) in [6.45, 7) is 7.25. The van der Waals surface area contributed by atoms with Crippen LogP contribution in [0.1, 0.15) is 72.1 Å². The zero-order valence-electron chi connectivity index (χ0n) is 14.4. The molecule has 22 heavy (non-hydrogen) atoms. The summed E-state index contributed by atoms with van der Waals surface area (Å²) in [5, 5.41) is 0.309. The normalized spacial score (nSPS) is 57.9. The van der Waals surface area contributed by atoms with Gasteiger partial charge in [-0.25, -0.2) is 0 Å². The van der Waals surface area contributed by atoms with Crippen molar-refractivity contribution < 1.29 is 4.79 Å². The van der Waals surface area contributed by atoms with Crippen LogP contribution in [0.25, 0.3) is 0 Å². The van der Waals surface area contributed by atoms with E-state index in [9.17, 15) is 4.79 Å². The molecule has 0 aliphatic heterocycles. The van der Waals surface area contributed by atoms with Gasteiger partial charge in [0.1, 0.15) is 5.78 Å². The smallest absolute Gasteiger partial charge is 0.139 e. The molecule has 0 aromatic carbocycles. The Hall–Kier alpha value is -0.0400. The Morgan fingerprint density at radius 1 is 1.05 bits per heavy atom. The van der Waals surface area contributed by atoms with Crippen LogP contribution in [0.3, 0.4) is 0 Å². The second kappa shape index (κ2) is 4.98. The lowest BCUT2D eigenvalue weighted by atomic mass is 9.44. The van der Waals surface area contributed by atoms with Gasteiger partial charge in [-0.15, -0.1) is 11.6 Å². The topological polar surface area (TPSA) is 17.1 Å². The molecule has 0 radical (unpaired) electrons. The SMILES string of the molecule is C[C@H]1CC[C@@]2(C)[C@H](C1)C[C@H](Cl)[C@@H]1[C@@H]2CC[C@]2(C)C(=O)CC[C@@H]12. The van der Waals surface area contributed by atoms with Crippen molar-refractivity contribution in [1.82, 2.24) is 0 Å². The molecule has 4 rings (SSSR count). The van der Waals surface area contributed by atoms with Crippen LogP contribution in [0.5, 0.6) is 0 Å². The second-order valence-corrected chi connectivity index (χ2v) is 10.1. The van der Waals surface area contributed by atoms with Crippen molar-refractivity contribution in [3.8, 4) is 0 Å². The predicted molar refractivity (Wildman–Crippen MR) is 90.9 cm³/mol. The molecule has 0 bridgehead atoms. The fraction of sp³-hybridized carbons (Fsp3) is 0.950. The first-order valence-electron chi connectivity index (χ1n) is 9.53. The molecule has 4 saturated carbocycles. The van der Waals surface area contributed by atoms with E-state index in [0.717, 1.165) is 37.0 Å². The summed E-state index contributed by atoms with van der Waals surface area (Å²) in [6, 6.07) is 0. The van der Waals surface area contributed by atoms with E-state index in [1.807, 2.05) is 0 Å². The highest BCUT2D eigenvalue weighted by Crippen LogP contribution is 2.66. The number of hydrogen-bond donors (Lipinski definition) is 0. The first-order valence-corrected chi connectivity index (χ1v) is 9.97. The standard InChI is InChI=1S/C20H31ClO/c1-12-6-8-19(2)13(10-12)11-16(21)18-14-4-5-17(22)20(14,3)9-7-15(18)19/h12-16,18H,4-11H2,1-3H3/t12-,13+,14-,15-,16-,18-,19-,20-/m0/s1. The van der Waals surface area contributed by atoms with E-state index in [4.69, 9.17) is 11.6 Å². The van der Waals surface area contributed by atoms with Crippen LogP contribution in [-0.2, 0) is 4.79 Å². The molecule has 1 nitrogen and oxygen atoms in total. The molecule has 124 valence electrons. The molecule has 0 aromatic heterocycles.